The van der Waals surface area contributed by atoms with Gasteiger partial charge in [0.05, 0.1) is 18.5 Å². The van der Waals surface area contributed by atoms with E-state index in [1.807, 2.05) is 52.0 Å². The smallest absolute Gasteiger partial charge is 0.244 e. The molecule has 0 aromatic heterocycles. The predicted octanol–water partition coefficient (Wildman–Crippen LogP) is 3.66. The van der Waals surface area contributed by atoms with Crippen LogP contribution in [0.2, 0.25) is 0 Å². The van der Waals surface area contributed by atoms with Gasteiger partial charge in [-0.3, -0.25) is 9.10 Å². The van der Waals surface area contributed by atoms with Crippen LogP contribution in [0, 0.1) is 27.7 Å². The van der Waals surface area contributed by atoms with Crippen LogP contribution < -0.4 is 14.4 Å². The van der Waals surface area contributed by atoms with Gasteiger partial charge >= 0.3 is 0 Å². The van der Waals surface area contributed by atoms with Gasteiger partial charge < -0.3 is 10.1 Å². The first kappa shape index (κ1) is 23.7. The highest BCUT2D eigenvalue weighted by Crippen LogP contribution is 2.25. The first-order chi connectivity index (χ1) is 14.1. The molecule has 1 amide bonds. The molecule has 2 rings (SSSR count). The van der Waals surface area contributed by atoms with Crippen LogP contribution in [0.5, 0.6) is 5.75 Å². The van der Waals surface area contributed by atoms with Crippen molar-refractivity contribution in [1.29, 1.82) is 0 Å². The number of aryl methyl sites for hydroxylation is 3. The van der Waals surface area contributed by atoms with Crippen molar-refractivity contribution in [2.24, 2.45) is 0 Å². The van der Waals surface area contributed by atoms with Gasteiger partial charge in [-0.05, 0) is 74.6 Å². The number of rotatable bonds is 9. The van der Waals surface area contributed by atoms with E-state index in [0.29, 0.717) is 18.7 Å². The standard InChI is InChI=1S/C23H32N2O4S/c1-7-21(25(30(6,27)28)20-12-11-16(2)18(4)15-20)23(26)24-13-14-29-22-10-8-9-17(3)19(22)5/h8-12,15,21H,7,13-14H2,1-6H3,(H,24,26)/t21-/m0/s1. The summed E-state index contributed by atoms with van der Waals surface area (Å²) < 4.78 is 32.1. The van der Waals surface area contributed by atoms with E-state index in [4.69, 9.17) is 4.74 Å². The third-order valence-corrected chi connectivity index (χ3v) is 6.47. The van der Waals surface area contributed by atoms with Gasteiger partial charge in [0.15, 0.2) is 0 Å². The van der Waals surface area contributed by atoms with Gasteiger partial charge in [0.2, 0.25) is 15.9 Å². The minimum atomic E-state index is -3.65. The van der Waals surface area contributed by atoms with Gasteiger partial charge in [-0.25, -0.2) is 8.42 Å². The van der Waals surface area contributed by atoms with Crippen molar-refractivity contribution >= 4 is 21.6 Å². The minimum Gasteiger partial charge on any atom is -0.491 e. The summed E-state index contributed by atoms with van der Waals surface area (Å²) in [6.07, 6.45) is 1.48. The topological polar surface area (TPSA) is 75.7 Å². The Kier molecular flexibility index (Phi) is 7.89. The number of carbonyl (C=O) groups is 1. The van der Waals surface area contributed by atoms with Crippen molar-refractivity contribution in [3.05, 3.63) is 58.7 Å². The molecule has 164 valence electrons. The Bertz CT molecular complexity index is 1000. The Balaban J connectivity index is 2.10. The highest BCUT2D eigenvalue weighted by molar-refractivity contribution is 7.92. The number of carbonyl (C=O) groups excluding carboxylic acids is 1. The zero-order valence-corrected chi connectivity index (χ0v) is 19.5. The molecule has 2 aromatic carbocycles. The van der Waals surface area contributed by atoms with Crippen LogP contribution in [-0.2, 0) is 14.8 Å². The summed E-state index contributed by atoms with van der Waals surface area (Å²) in [4.78, 5) is 12.8. The summed E-state index contributed by atoms with van der Waals surface area (Å²) in [5, 5.41) is 2.82. The second kappa shape index (κ2) is 9.98. The number of benzene rings is 2. The molecule has 0 spiro atoms. The molecule has 1 N–H and O–H groups in total. The quantitative estimate of drug-likeness (QED) is 0.614. The van der Waals surface area contributed by atoms with Crippen LogP contribution in [-0.4, -0.2) is 39.8 Å². The minimum absolute atomic E-state index is 0.285. The average Bonchev–Trinajstić information content (AvgIpc) is 2.67. The van der Waals surface area contributed by atoms with Gasteiger partial charge in [0.1, 0.15) is 18.4 Å². The number of anilines is 1. The van der Waals surface area contributed by atoms with Gasteiger partial charge in [-0.2, -0.15) is 0 Å². The van der Waals surface area contributed by atoms with Crippen LogP contribution in [0.1, 0.15) is 35.6 Å². The van der Waals surface area contributed by atoms with Crippen LogP contribution >= 0.6 is 0 Å². The van der Waals surface area contributed by atoms with Gasteiger partial charge in [0.25, 0.3) is 0 Å². The molecule has 0 saturated heterocycles. The number of ether oxygens (including phenoxy) is 1. The van der Waals surface area contributed by atoms with Crippen LogP contribution in [0.4, 0.5) is 5.69 Å². The van der Waals surface area contributed by atoms with Gasteiger partial charge in [-0.15, -0.1) is 0 Å². The highest BCUT2D eigenvalue weighted by Gasteiger charge is 2.31. The summed E-state index contributed by atoms with van der Waals surface area (Å²) in [6, 6.07) is 10.4. The number of amides is 1. The molecule has 0 aliphatic heterocycles. The normalized spacial score (nSPS) is 12.3. The van der Waals surface area contributed by atoms with E-state index in [-0.39, 0.29) is 12.5 Å². The number of sulfonamides is 1. The molecular weight excluding hydrogens is 400 g/mol. The fourth-order valence-electron chi connectivity index (χ4n) is 3.26. The lowest BCUT2D eigenvalue weighted by molar-refractivity contribution is -0.122. The Hall–Kier alpha value is -2.54. The maximum atomic E-state index is 12.8. The number of hydrogen-bond acceptors (Lipinski definition) is 4. The van der Waals surface area contributed by atoms with Crippen LogP contribution in [0.3, 0.4) is 0 Å². The molecule has 2 aromatic rings. The van der Waals surface area contributed by atoms with Crippen molar-refractivity contribution in [3.63, 3.8) is 0 Å². The summed E-state index contributed by atoms with van der Waals surface area (Å²) >= 11 is 0. The maximum Gasteiger partial charge on any atom is 0.244 e. The van der Waals surface area contributed by atoms with Crippen molar-refractivity contribution in [3.8, 4) is 5.75 Å². The number of nitrogens with zero attached hydrogens (tertiary/aromatic N) is 1. The fraction of sp³-hybridized carbons (Fsp3) is 0.435. The second-order valence-electron chi connectivity index (χ2n) is 7.59. The summed E-state index contributed by atoms with van der Waals surface area (Å²) in [5.41, 5.74) is 4.73. The fourth-order valence-corrected chi connectivity index (χ4v) is 4.46. The van der Waals surface area contributed by atoms with E-state index in [9.17, 15) is 13.2 Å². The van der Waals surface area contributed by atoms with Crippen molar-refractivity contribution in [1.82, 2.24) is 5.32 Å². The van der Waals surface area contributed by atoms with Crippen LogP contribution in [0.15, 0.2) is 36.4 Å². The summed E-state index contributed by atoms with van der Waals surface area (Å²) in [6.45, 7) is 10.3. The summed E-state index contributed by atoms with van der Waals surface area (Å²) in [7, 11) is -3.65. The van der Waals surface area contributed by atoms with Crippen molar-refractivity contribution < 1.29 is 17.9 Å². The van der Waals surface area contributed by atoms with Crippen molar-refractivity contribution in [2.45, 2.75) is 47.1 Å². The SMILES string of the molecule is CC[C@@H](C(=O)NCCOc1cccc(C)c1C)N(c1ccc(C)c(C)c1)S(C)(=O)=O. The summed E-state index contributed by atoms with van der Waals surface area (Å²) in [5.74, 6) is 0.440. The van der Waals surface area contributed by atoms with Gasteiger partial charge in [0, 0.05) is 0 Å². The molecule has 0 radical (unpaired) electrons. The van der Waals surface area contributed by atoms with Gasteiger partial charge in [-0.1, -0.05) is 25.1 Å². The van der Waals surface area contributed by atoms with E-state index >= 15 is 0 Å². The lowest BCUT2D eigenvalue weighted by Gasteiger charge is -2.30. The Morgan fingerprint density at radius 3 is 2.37 bits per heavy atom. The lowest BCUT2D eigenvalue weighted by atomic mass is 10.1. The highest BCUT2D eigenvalue weighted by atomic mass is 32.2. The van der Waals surface area contributed by atoms with E-state index in [1.165, 1.54) is 4.31 Å². The largest absolute Gasteiger partial charge is 0.491 e. The third-order valence-electron chi connectivity index (χ3n) is 5.29. The molecule has 0 fully saturated rings. The molecule has 0 heterocycles. The number of nitrogens with one attached hydrogen (secondary N) is 1. The maximum absolute atomic E-state index is 12.8. The number of hydrogen-bond donors (Lipinski definition) is 1. The molecule has 1 atom stereocenters. The molecule has 0 aliphatic carbocycles. The predicted molar refractivity (Wildman–Crippen MR) is 122 cm³/mol. The molecule has 0 bridgehead atoms. The average molecular weight is 433 g/mol. The Morgan fingerprint density at radius 2 is 1.77 bits per heavy atom. The molecule has 0 unspecified atom stereocenters. The Morgan fingerprint density at radius 1 is 1.07 bits per heavy atom. The Labute approximate surface area is 180 Å². The van der Waals surface area contributed by atoms with E-state index < -0.39 is 16.1 Å². The molecule has 6 nitrogen and oxygen atoms in total. The van der Waals surface area contributed by atoms with E-state index in [0.717, 1.165) is 34.3 Å². The molecule has 0 saturated carbocycles. The molecule has 30 heavy (non-hydrogen) atoms. The third kappa shape index (κ3) is 5.75. The van der Waals surface area contributed by atoms with E-state index in [1.54, 1.807) is 19.1 Å². The first-order valence-electron chi connectivity index (χ1n) is 10.1. The molecular formula is C23H32N2O4S. The monoisotopic (exact) mass is 432 g/mol. The zero-order chi connectivity index (χ0) is 22.5. The lowest BCUT2D eigenvalue weighted by Crippen LogP contribution is -2.50. The first-order valence-corrected chi connectivity index (χ1v) is 11.9. The van der Waals surface area contributed by atoms with Crippen LogP contribution in [0.25, 0.3) is 0 Å². The zero-order valence-electron chi connectivity index (χ0n) is 18.7. The van der Waals surface area contributed by atoms with Crippen molar-refractivity contribution in [2.75, 3.05) is 23.7 Å². The second-order valence-corrected chi connectivity index (χ2v) is 9.45. The molecule has 7 heteroatoms. The molecule has 0 aliphatic rings. The van der Waals surface area contributed by atoms with E-state index in [2.05, 4.69) is 5.32 Å².